The average molecular weight is 393 g/mol. The summed E-state index contributed by atoms with van der Waals surface area (Å²) in [4.78, 5) is 27.8. The van der Waals surface area contributed by atoms with E-state index in [2.05, 4.69) is 24.1 Å². The van der Waals surface area contributed by atoms with E-state index in [0.29, 0.717) is 16.6 Å². The molecule has 1 aliphatic heterocycles. The Morgan fingerprint density at radius 3 is 2.58 bits per heavy atom. The molecule has 0 bridgehead atoms. The molecular weight excluding hydrogens is 370 g/mol. The average Bonchev–Trinajstić information content (AvgIpc) is 2.92. The number of nitrogens with zero attached hydrogens (tertiary/aromatic N) is 1. The van der Waals surface area contributed by atoms with E-state index in [1.165, 1.54) is 11.3 Å². The van der Waals surface area contributed by atoms with Crippen LogP contribution >= 0.6 is 11.3 Å². The summed E-state index contributed by atoms with van der Waals surface area (Å²) in [7, 11) is 0. The minimum absolute atomic E-state index is 0. The number of nitrogens with one attached hydrogen (secondary N) is 1. The molecule has 2 amide bonds. The van der Waals surface area contributed by atoms with Crippen molar-refractivity contribution >= 4 is 28.2 Å². The second-order valence-electron chi connectivity index (χ2n) is 6.60. The first-order valence-corrected chi connectivity index (χ1v) is 9.29. The SMILES string of the molecule is CC(C)N1CCc2c(sc(NC(=O)Cc3ccccc3)c2C(N)=O)C1.[Cl-]. The lowest BCUT2D eigenvalue weighted by Crippen LogP contribution is -3.00. The van der Waals surface area contributed by atoms with Gasteiger partial charge in [-0.15, -0.1) is 11.3 Å². The molecule has 7 heteroatoms. The molecule has 0 saturated heterocycles. The lowest BCUT2D eigenvalue weighted by atomic mass is 10.0. The number of anilines is 1. The number of hydrogen-bond donors (Lipinski definition) is 2. The van der Waals surface area contributed by atoms with Crippen LogP contribution in [0.2, 0.25) is 0 Å². The quantitative estimate of drug-likeness (QED) is 0.740. The summed E-state index contributed by atoms with van der Waals surface area (Å²) in [5.74, 6) is -0.599. The van der Waals surface area contributed by atoms with E-state index in [0.717, 1.165) is 35.5 Å². The Labute approximate surface area is 164 Å². The van der Waals surface area contributed by atoms with E-state index in [9.17, 15) is 9.59 Å². The van der Waals surface area contributed by atoms with Crippen LogP contribution in [-0.4, -0.2) is 29.3 Å². The van der Waals surface area contributed by atoms with Gasteiger partial charge in [-0.05, 0) is 31.4 Å². The molecule has 2 aromatic rings. The Bertz CT molecular complexity index is 790. The standard InChI is InChI=1S/C19H23N3O2S.ClH/c1-12(2)22-9-8-14-15(11-22)25-19(17(14)18(20)24)21-16(23)10-13-6-4-3-5-7-13;/h3-7,12H,8-11H2,1-2H3,(H2,20,24)(H,21,23);1H/p-1. The summed E-state index contributed by atoms with van der Waals surface area (Å²) < 4.78 is 0. The summed E-state index contributed by atoms with van der Waals surface area (Å²) >= 11 is 1.48. The molecule has 0 fully saturated rings. The fourth-order valence-corrected chi connectivity index (χ4v) is 4.46. The van der Waals surface area contributed by atoms with Crippen LogP contribution in [0.25, 0.3) is 0 Å². The van der Waals surface area contributed by atoms with Gasteiger partial charge in [0.05, 0.1) is 12.0 Å². The maximum absolute atomic E-state index is 12.4. The first-order chi connectivity index (χ1) is 12.0. The van der Waals surface area contributed by atoms with E-state index in [1.807, 2.05) is 30.3 Å². The Morgan fingerprint density at radius 1 is 1.27 bits per heavy atom. The lowest BCUT2D eigenvalue weighted by Gasteiger charge is -2.30. The molecular formula is C19H23ClN3O2S-. The van der Waals surface area contributed by atoms with Crippen molar-refractivity contribution in [1.29, 1.82) is 0 Å². The molecule has 1 aromatic carbocycles. The molecule has 26 heavy (non-hydrogen) atoms. The van der Waals surface area contributed by atoms with Crippen molar-refractivity contribution in [3.05, 3.63) is 51.9 Å². The van der Waals surface area contributed by atoms with Gasteiger partial charge in [-0.25, -0.2) is 0 Å². The minimum Gasteiger partial charge on any atom is -1.00 e. The van der Waals surface area contributed by atoms with Gasteiger partial charge in [0.2, 0.25) is 5.91 Å². The van der Waals surface area contributed by atoms with Crippen molar-refractivity contribution in [2.75, 3.05) is 11.9 Å². The van der Waals surface area contributed by atoms with Crippen molar-refractivity contribution in [3.8, 4) is 0 Å². The van der Waals surface area contributed by atoms with Gasteiger partial charge in [0, 0.05) is 24.0 Å². The van der Waals surface area contributed by atoms with Crippen molar-refractivity contribution in [1.82, 2.24) is 4.90 Å². The highest BCUT2D eigenvalue weighted by atomic mass is 35.5. The molecule has 1 aliphatic rings. The smallest absolute Gasteiger partial charge is 0.251 e. The molecule has 3 rings (SSSR count). The summed E-state index contributed by atoms with van der Waals surface area (Å²) in [5.41, 5.74) is 8.04. The number of halogens is 1. The number of carbonyl (C=O) groups excluding carboxylic acids is 2. The van der Waals surface area contributed by atoms with E-state index in [-0.39, 0.29) is 24.7 Å². The highest BCUT2D eigenvalue weighted by molar-refractivity contribution is 7.17. The summed E-state index contributed by atoms with van der Waals surface area (Å²) in [6, 6.07) is 10.00. The van der Waals surface area contributed by atoms with Crippen LogP contribution in [0.3, 0.4) is 0 Å². The monoisotopic (exact) mass is 392 g/mol. The number of benzene rings is 1. The zero-order chi connectivity index (χ0) is 18.0. The van der Waals surface area contributed by atoms with Crippen LogP contribution in [0.5, 0.6) is 0 Å². The highest BCUT2D eigenvalue weighted by Gasteiger charge is 2.28. The van der Waals surface area contributed by atoms with E-state index >= 15 is 0 Å². The molecule has 2 heterocycles. The van der Waals surface area contributed by atoms with E-state index in [1.54, 1.807) is 0 Å². The normalized spacial score (nSPS) is 13.8. The second-order valence-corrected chi connectivity index (χ2v) is 7.70. The number of rotatable bonds is 5. The maximum Gasteiger partial charge on any atom is 0.251 e. The van der Waals surface area contributed by atoms with Crippen molar-refractivity contribution in [2.45, 2.75) is 39.3 Å². The molecule has 1 aromatic heterocycles. The Hall–Kier alpha value is -1.89. The number of carbonyl (C=O) groups is 2. The van der Waals surface area contributed by atoms with Crippen LogP contribution < -0.4 is 23.5 Å². The van der Waals surface area contributed by atoms with Crippen LogP contribution in [-0.2, 0) is 24.2 Å². The Morgan fingerprint density at radius 2 is 1.96 bits per heavy atom. The Balaban J connectivity index is 0.00000243. The predicted octanol–water partition coefficient (Wildman–Crippen LogP) is -0.201. The molecule has 5 nitrogen and oxygen atoms in total. The molecule has 0 unspecified atom stereocenters. The zero-order valence-electron chi connectivity index (χ0n) is 14.9. The number of fused-ring (bicyclic) bond motifs is 1. The number of nitrogens with two attached hydrogens (primary N) is 1. The summed E-state index contributed by atoms with van der Waals surface area (Å²) in [5, 5.41) is 3.49. The summed E-state index contributed by atoms with van der Waals surface area (Å²) in [6.07, 6.45) is 1.07. The van der Waals surface area contributed by atoms with Gasteiger partial charge in [0.15, 0.2) is 0 Å². The number of hydrogen-bond acceptors (Lipinski definition) is 4. The molecule has 0 saturated carbocycles. The second kappa shape index (κ2) is 8.66. The van der Waals surface area contributed by atoms with Gasteiger partial charge in [-0.3, -0.25) is 14.5 Å². The Kier molecular flexibility index (Phi) is 6.81. The van der Waals surface area contributed by atoms with E-state index < -0.39 is 5.91 Å². The highest BCUT2D eigenvalue weighted by Crippen LogP contribution is 2.37. The van der Waals surface area contributed by atoms with Crippen molar-refractivity contribution < 1.29 is 22.0 Å². The van der Waals surface area contributed by atoms with Crippen LogP contribution in [0.1, 0.15) is 40.2 Å². The van der Waals surface area contributed by atoms with Gasteiger partial charge in [0.25, 0.3) is 5.91 Å². The third kappa shape index (κ3) is 4.44. The largest absolute Gasteiger partial charge is 1.00 e. The topological polar surface area (TPSA) is 75.4 Å². The molecule has 0 atom stereocenters. The fourth-order valence-electron chi connectivity index (χ4n) is 3.16. The van der Waals surface area contributed by atoms with Gasteiger partial charge >= 0.3 is 0 Å². The third-order valence-corrected chi connectivity index (χ3v) is 5.66. The molecule has 140 valence electrons. The molecule has 3 N–H and O–H groups in total. The summed E-state index contributed by atoms with van der Waals surface area (Å²) in [6.45, 7) is 6.03. The van der Waals surface area contributed by atoms with Crippen LogP contribution in [0, 0.1) is 0 Å². The lowest BCUT2D eigenvalue weighted by molar-refractivity contribution is -0.115. The first-order valence-electron chi connectivity index (χ1n) is 8.48. The zero-order valence-corrected chi connectivity index (χ0v) is 16.5. The maximum atomic E-state index is 12.4. The van der Waals surface area contributed by atoms with Gasteiger partial charge in [-0.2, -0.15) is 0 Å². The molecule has 0 aliphatic carbocycles. The van der Waals surface area contributed by atoms with Gasteiger partial charge < -0.3 is 23.5 Å². The van der Waals surface area contributed by atoms with Crippen LogP contribution in [0.15, 0.2) is 30.3 Å². The minimum atomic E-state index is -0.467. The third-order valence-electron chi connectivity index (χ3n) is 4.52. The van der Waals surface area contributed by atoms with Crippen LogP contribution in [0.4, 0.5) is 5.00 Å². The number of amides is 2. The first kappa shape index (κ1) is 20.4. The van der Waals surface area contributed by atoms with Crippen molar-refractivity contribution in [3.63, 3.8) is 0 Å². The van der Waals surface area contributed by atoms with E-state index in [4.69, 9.17) is 5.73 Å². The molecule has 0 radical (unpaired) electrons. The van der Waals surface area contributed by atoms with Crippen molar-refractivity contribution in [2.24, 2.45) is 5.73 Å². The van der Waals surface area contributed by atoms with Gasteiger partial charge in [-0.1, -0.05) is 30.3 Å². The predicted molar refractivity (Wildman–Crippen MR) is 101 cm³/mol. The fraction of sp³-hybridized carbons (Fsp3) is 0.368. The number of primary amides is 1. The van der Waals surface area contributed by atoms with Gasteiger partial charge in [0.1, 0.15) is 5.00 Å². The molecule has 0 spiro atoms. The number of thiophene rings is 1.